The molecule has 4 aromatic carbocycles. The summed E-state index contributed by atoms with van der Waals surface area (Å²) in [5, 5.41) is 1.03. The Balaban J connectivity index is 1.25. The van der Waals surface area contributed by atoms with E-state index in [-0.39, 0.29) is 0 Å². The first-order valence-electron chi connectivity index (χ1n) is 13.9. The summed E-state index contributed by atoms with van der Waals surface area (Å²) in [7, 11) is 0. The van der Waals surface area contributed by atoms with E-state index in [1.165, 1.54) is 0 Å². The summed E-state index contributed by atoms with van der Waals surface area (Å²) in [6, 6.07) is 42.4. The molecule has 0 aliphatic rings. The molecule has 0 saturated heterocycles. The summed E-state index contributed by atoms with van der Waals surface area (Å²) < 4.78 is 1.03. The zero-order chi connectivity index (χ0) is 28.6. The number of pyridine rings is 1. The van der Waals surface area contributed by atoms with Crippen LogP contribution < -0.4 is 0 Å². The van der Waals surface area contributed by atoms with Crippen LogP contribution >= 0.6 is 11.3 Å². The minimum absolute atomic E-state index is 0.607. The minimum atomic E-state index is 0.607. The van der Waals surface area contributed by atoms with E-state index in [1.807, 2.05) is 115 Å². The molecule has 4 heterocycles. The van der Waals surface area contributed by atoms with Crippen LogP contribution in [0.1, 0.15) is 0 Å². The van der Waals surface area contributed by atoms with Crippen LogP contribution in [0.15, 0.2) is 134 Å². The second-order valence-corrected chi connectivity index (χ2v) is 11.0. The topological polar surface area (TPSA) is 77.3 Å². The first kappa shape index (κ1) is 25.1. The van der Waals surface area contributed by atoms with Crippen LogP contribution in [0.3, 0.4) is 0 Å². The highest BCUT2D eigenvalue weighted by Crippen LogP contribution is 2.38. The Hall–Kier alpha value is -5.66. The lowest BCUT2D eigenvalue weighted by Crippen LogP contribution is -2.00. The first-order chi connectivity index (χ1) is 21.3. The summed E-state index contributed by atoms with van der Waals surface area (Å²) in [6.07, 6.45) is 1.82. The molecule has 0 amide bonds. The van der Waals surface area contributed by atoms with Crippen LogP contribution in [0.2, 0.25) is 0 Å². The molecule has 4 aromatic heterocycles. The molecule has 202 valence electrons. The van der Waals surface area contributed by atoms with Crippen molar-refractivity contribution in [3.05, 3.63) is 134 Å². The van der Waals surface area contributed by atoms with E-state index < -0.39 is 0 Å². The van der Waals surface area contributed by atoms with Crippen molar-refractivity contribution in [2.24, 2.45) is 0 Å². The standard InChI is InChI=1S/C36H22N6S/c1-4-11-23(12-5-1)29-31-30(28-17-10-22-37-36(28)43-31)39-32(38-29)26-18-20-27(21-19-26)35-41-33(24-13-6-2-7-14-24)40-34(42-35)25-15-8-3-9-16-25/h1-22H. The second-order valence-electron chi connectivity index (χ2n) is 10.0. The zero-order valence-corrected chi connectivity index (χ0v) is 23.6. The smallest absolute Gasteiger partial charge is 0.164 e. The van der Waals surface area contributed by atoms with Crippen LogP contribution in [-0.2, 0) is 0 Å². The number of aromatic nitrogens is 6. The maximum Gasteiger partial charge on any atom is 0.164 e. The number of thiophene rings is 1. The minimum Gasteiger partial charge on any atom is -0.245 e. The van der Waals surface area contributed by atoms with Crippen LogP contribution in [0, 0.1) is 0 Å². The van der Waals surface area contributed by atoms with Crippen molar-refractivity contribution in [3.63, 3.8) is 0 Å². The van der Waals surface area contributed by atoms with E-state index >= 15 is 0 Å². The van der Waals surface area contributed by atoms with Gasteiger partial charge in [-0.3, -0.25) is 0 Å². The fourth-order valence-corrected chi connectivity index (χ4v) is 6.20. The van der Waals surface area contributed by atoms with Gasteiger partial charge in [0.05, 0.1) is 15.9 Å². The lowest BCUT2D eigenvalue weighted by atomic mass is 10.1. The van der Waals surface area contributed by atoms with Gasteiger partial charge < -0.3 is 0 Å². The number of hydrogen-bond acceptors (Lipinski definition) is 7. The third-order valence-corrected chi connectivity index (χ3v) is 8.35. The largest absolute Gasteiger partial charge is 0.245 e. The molecule has 43 heavy (non-hydrogen) atoms. The van der Waals surface area contributed by atoms with E-state index in [4.69, 9.17) is 24.9 Å². The Morgan fingerprint density at radius 3 is 1.40 bits per heavy atom. The van der Waals surface area contributed by atoms with Crippen molar-refractivity contribution in [2.75, 3.05) is 0 Å². The molecule has 0 fully saturated rings. The van der Waals surface area contributed by atoms with Crippen molar-refractivity contribution in [3.8, 4) is 56.8 Å². The van der Waals surface area contributed by atoms with Crippen LogP contribution in [0.25, 0.3) is 77.2 Å². The molecule has 0 radical (unpaired) electrons. The molecule has 8 rings (SSSR count). The molecule has 0 saturated carbocycles. The number of hydrogen-bond donors (Lipinski definition) is 0. The van der Waals surface area contributed by atoms with Gasteiger partial charge in [0.25, 0.3) is 0 Å². The van der Waals surface area contributed by atoms with Gasteiger partial charge in [0.1, 0.15) is 4.83 Å². The highest BCUT2D eigenvalue weighted by Gasteiger charge is 2.17. The molecular formula is C36H22N6S. The average Bonchev–Trinajstić information content (AvgIpc) is 3.48. The highest BCUT2D eigenvalue weighted by atomic mass is 32.1. The van der Waals surface area contributed by atoms with Gasteiger partial charge in [-0.2, -0.15) is 0 Å². The van der Waals surface area contributed by atoms with Gasteiger partial charge in [-0.15, -0.1) is 11.3 Å². The van der Waals surface area contributed by atoms with E-state index in [0.717, 1.165) is 53.9 Å². The van der Waals surface area contributed by atoms with Crippen molar-refractivity contribution in [2.45, 2.75) is 0 Å². The van der Waals surface area contributed by atoms with Gasteiger partial charge in [-0.1, -0.05) is 115 Å². The lowest BCUT2D eigenvalue weighted by Gasteiger charge is -2.09. The predicted molar refractivity (Wildman–Crippen MR) is 173 cm³/mol. The molecule has 0 aliphatic carbocycles. The molecule has 0 spiro atoms. The van der Waals surface area contributed by atoms with Crippen molar-refractivity contribution in [1.82, 2.24) is 29.9 Å². The summed E-state index contributed by atoms with van der Waals surface area (Å²) in [6.45, 7) is 0. The van der Waals surface area contributed by atoms with Gasteiger partial charge in [-0.05, 0) is 12.1 Å². The van der Waals surface area contributed by atoms with Crippen molar-refractivity contribution >= 4 is 31.8 Å². The fraction of sp³-hybridized carbons (Fsp3) is 0. The van der Waals surface area contributed by atoms with Gasteiger partial charge >= 0.3 is 0 Å². The van der Waals surface area contributed by atoms with Crippen LogP contribution in [-0.4, -0.2) is 29.9 Å². The Labute approximate surface area is 251 Å². The summed E-state index contributed by atoms with van der Waals surface area (Å²) >= 11 is 1.63. The third-order valence-electron chi connectivity index (χ3n) is 7.24. The molecular weight excluding hydrogens is 549 g/mol. The van der Waals surface area contributed by atoms with E-state index in [0.29, 0.717) is 23.3 Å². The maximum atomic E-state index is 5.08. The molecule has 0 unspecified atom stereocenters. The Morgan fingerprint density at radius 1 is 0.395 bits per heavy atom. The van der Waals surface area contributed by atoms with Gasteiger partial charge in [-0.25, -0.2) is 29.9 Å². The van der Waals surface area contributed by atoms with Gasteiger partial charge in [0.2, 0.25) is 0 Å². The summed E-state index contributed by atoms with van der Waals surface area (Å²) in [4.78, 5) is 30.2. The Morgan fingerprint density at radius 2 is 0.860 bits per heavy atom. The number of nitrogens with zero attached hydrogens (tertiary/aromatic N) is 6. The summed E-state index contributed by atoms with van der Waals surface area (Å²) in [5.74, 6) is 2.53. The number of benzene rings is 4. The van der Waals surface area contributed by atoms with Gasteiger partial charge in [0, 0.05) is 39.4 Å². The van der Waals surface area contributed by atoms with Gasteiger partial charge in [0.15, 0.2) is 23.3 Å². The molecule has 0 bridgehead atoms. The lowest BCUT2D eigenvalue weighted by molar-refractivity contribution is 1.07. The Bertz CT molecular complexity index is 2160. The maximum absolute atomic E-state index is 5.08. The first-order valence-corrected chi connectivity index (χ1v) is 14.7. The SMILES string of the molecule is c1ccc(-c2nc(-c3ccccc3)nc(-c3ccc(-c4nc(-c5ccccc5)c5sc6ncccc6c5n4)cc3)n2)cc1. The monoisotopic (exact) mass is 570 g/mol. The molecule has 0 N–H and O–H groups in total. The van der Waals surface area contributed by atoms with Crippen molar-refractivity contribution in [1.29, 1.82) is 0 Å². The normalized spacial score (nSPS) is 11.3. The number of rotatable bonds is 5. The highest BCUT2D eigenvalue weighted by molar-refractivity contribution is 7.25. The van der Waals surface area contributed by atoms with Crippen LogP contribution in [0.5, 0.6) is 0 Å². The number of fused-ring (bicyclic) bond motifs is 3. The Kier molecular flexibility index (Phi) is 6.20. The molecule has 7 heteroatoms. The molecule has 8 aromatic rings. The predicted octanol–water partition coefficient (Wildman–Crippen LogP) is 8.76. The zero-order valence-electron chi connectivity index (χ0n) is 22.8. The van der Waals surface area contributed by atoms with Crippen LogP contribution in [0.4, 0.5) is 0 Å². The third kappa shape index (κ3) is 4.71. The van der Waals surface area contributed by atoms with E-state index in [1.54, 1.807) is 11.3 Å². The fourth-order valence-electron chi connectivity index (χ4n) is 5.11. The van der Waals surface area contributed by atoms with Crippen molar-refractivity contribution < 1.29 is 0 Å². The average molecular weight is 571 g/mol. The van der Waals surface area contributed by atoms with E-state index in [9.17, 15) is 0 Å². The molecule has 6 nitrogen and oxygen atoms in total. The van der Waals surface area contributed by atoms with E-state index in [2.05, 4.69) is 23.2 Å². The summed E-state index contributed by atoms with van der Waals surface area (Å²) in [5.41, 5.74) is 6.54. The molecule has 0 aliphatic heterocycles. The second kappa shape index (κ2) is 10.6. The quantitative estimate of drug-likeness (QED) is 0.206. The molecule has 0 atom stereocenters.